The highest BCUT2D eigenvalue weighted by atomic mass is 16.5. The predicted octanol–water partition coefficient (Wildman–Crippen LogP) is 2.74. The second kappa shape index (κ2) is 7.86. The minimum atomic E-state index is -0.328. The van der Waals surface area contributed by atoms with Crippen molar-refractivity contribution in [2.45, 2.75) is 19.4 Å². The van der Waals surface area contributed by atoms with Crippen molar-refractivity contribution in [2.24, 2.45) is 0 Å². The number of hydrogen-bond acceptors (Lipinski definition) is 4. The van der Waals surface area contributed by atoms with Crippen LogP contribution in [0.25, 0.3) is 0 Å². The maximum absolute atomic E-state index is 12.0. The Morgan fingerprint density at radius 2 is 1.79 bits per heavy atom. The van der Waals surface area contributed by atoms with Crippen molar-refractivity contribution in [2.75, 3.05) is 19.6 Å². The fraction of sp³-hybridized carbons (Fsp3) is 0.273. The van der Waals surface area contributed by atoms with E-state index >= 15 is 0 Å². The molecule has 0 unspecified atom stereocenters. The van der Waals surface area contributed by atoms with Crippen LogP contribution >= 0.6 is 0 Å². The second-order valence-electron chi connectivity index (χ2n) is 7.20. The topological polar surface area (TPSA) is 67.3 Å². The Labute approximate surface area is 163 Å². The number of H-pyrrole nitrogens is 1. The molecule has 0 saturated carbocycles. The Morgan fingerprint density at radius 1 is 1.04 bits per heavy atom. The third-order valence-corrected chi connectivity index (χ3v) is 5.07. The quantitative estimate of drug-likeness (QED) is 0.717. The van der Waals surface area contributed by atoms with Crippen LogP contribution in [0.5, 0.6) is 11.5 Å². The number of nitrogens with one attached hydrogen (secondary N) is 1. The monoisotopic (exact) mass is 377 g/mol. The predicted molar refractivity (Wildman–Crippen MR) is 108 cm³/mol. The largest absolute Gasteiger partial charge is 0.457 e. The summed E-state index contributed by atoms with van der Waals surface area (Å²) < 4.78 is 7.53. The van der Waals surface area contributed by atoms with Gasteiger partial charge in [-0.05, 0) is 43.2 Å². The zero-order valence-corrected chi connectivity index (χ0v) is 15.8. The number of benzene rings is 2. The van der Waals surface area contributed by atoms with Gasteiger partial charge in [-0.2, -0.15) is 0 Å². The van der Waals surface area contributed by atoms with Crippen molar-refractivity contribution >= 4 is 0 Å². The molecule has 1 fully saturated rings. The second-order valence-corrected chi connectivity index (χ2v) is 7.20. The van der Waals surface area contributed by atoms with Crippen LogP contribution in [0.15, 0.2) is 70.4 Å². The van der Waals surface area contributed by atoms with Crippen LogP contribution in [-0.4, -0.2) is 34.1 Å². The lowest BCUT2D eigenvalue weighted by Gasteiger charge is -2.40. The van der Waals surface area contributed by atoms with Gasteiger partial charge in [0.1, 0.15) is 11.5 Å². The van der Waals surface area contributed by atoms with Crippen LogP contribution in [0.2, 0.25) is 0 Å². The molecule has 0 spiro atoms. The van der Waals surface area contributed by atoms with E-state index in [2.05, 4.69) is 22.0 Å². The average molecular weight is 377 g/mol. The standard InChI is InChI=1S/C22H23N3O3/c1-16-13-25(22(27)23-21(16)26)18-14-24(15-18)11-10-17-6-5-9-20(12-17)28-19-7-3-2-4-8-19/h2-9,12-13,18H,10-11,14-15H2,1H3,(H,23,26,27). The van der Waals surface area contributed by atoms with Crippen LogP contribution in [0.4, 0.5) is 0 Å². The SMILES string of the molecule is Cc1cn(C2CN(CCc3cccc(Oc4ccccc4)c3)C2)c(=O)[nH]c1=O. The van der Waals surface area contributed by atoms with Gasteiger partial charge in [0.25, 0.3) is 5.56 Å². The minimum Gasteiger partial charge on any atom is -0.457 e. The molecule has 0 amide bonds. The number of nitrogens with zero attached hydrogens (tertiary/aromatic N) is 2. The summed E-state index contributed by atoms with van der Waals surface area (Å²) in [4.78, 5) is 28.2. The normalized spacial score (nSPS) is 14.6. The molecule has 0 radical (unpaired) electrons. The first-order chi connectivity index (χ1) is 13.6. The first-order valence-electron chi connectivity index (χ1n) is 9.45. The van der Waals surface area contributed by atoms with Gasteiger partial charge in [0, 0.05) is 31.4 Å². The van der Waals surface area contributed by atoms with Crippen molar-refractivity contribution < 1.29 is 4.74 Å². The number of likely N-dealkylation sites (tertiary alicyclic amines) is 1. The number of ether oxygens (including phenoxy) is 1. The smallest absolute Gasteiger partial charge is 0.328 e. The van der Waals surface area contributed by atoms with E-state index in [9.17, 15) is 9.59 Å². The van der Waals surface area contributed by atoms with Crippen molar-refractivity contribution in [1.82, 2.24) is 14.5 Å². The number of aromatic amines is 1. The summed E-state index contributed by atoms with van der Waals surface area (Å²) in [7, 11) is 0. The summed E-state index contributed by atoms with van der Waals surface area (Å²) in [6.45, 7) is 4.26. The minimum absolute atomic E-state index is 0.121. The highest BCUT2D eigenvalue weighted by molar-refractivity contribution is 5.34. The lowest BCUT2D eigenvalue weighted by atomic mass is 10.1. The molecule has 0 atom stereocenters. The molecule has 3 aromatic rings. The Bertz CT molecular complexity index is 1070. The molecule has 1 aliphatic rings. The Hall–Kier alpha value is -3.12. The van der Waals surface area contributed by atoms with Crippen molar-refractivity contribution in [3.05, 3.63) is 92.8 Å². The van der Waals surface area contributed by atoms with E-state index < -0.39 is 0 Å². The lowest BCUT2D eigenvalue weighted by molar-refractivity contribution is 0.105. The molecule has 144 valence electrons. The van der Waals surface area contributed by atoms with Crippen LogP contribution < -0.4 is 16.0 Å². The average Bonchev–Trinajstić information content (AvgIpc) is 2.65. The Morgan fingerprint density at radius 3 is 2.57 bits per heavy atom. The van der Waals surface area contributed by atoms with Crippen LogP contribution in [0.1, 0.15) is 17.2 Å². The van der Waals surface area contributed by atoms with Crippen molar-refractivity contribution in [3.8, 4) is 11.5 Å². The molecule has 2 heterocycles. The van der Waals surface area contributed by atoms with E-state index in [0.717, 1.165) is 37.6 Å². The van der Waals surface area contributed by atoms with Crippen LogP contribution in [-0.2, 0) is 6.42 Å². The summed E-state index contributed by atoms with van der Waals surface area (Å²) in [5.74, 6) is 1.66. The number of aryl methyl sites for hydroxylation is 1. The fourth-order valence-electron chi connectivity index (χ4n) is 3.43. The van der Waals surface area contributed by atoms with E-state index in [1.165, 1.54) is 5.56 Å². The molecule has 2 aromatic carbocycles. The number of para-hydroxylation sites is 1. The first-order valence-corrected chi connectivity index (χ1v) is 9.45. The fourth-order valence-corrected chi connectivity index (χ4v) is 3.43. The van der Waals surface area contributed by atoms with Gasteiger partial charge in [-0.15, -0.1) is 0 Å². The van der Waals surface area contributed by atoms with Crippen molar-refractivity contribution in [3.63, 3.8) is 0 Å². The van der Waals surface area contributed by atoms with E-state index in [4.69, 9.17) is 4.74 Å². The number of aromatic nitrogens is 2. The molecule has 4 rings (SSSR count). The summed E-state index contributed by atoms with van der Waals surface area (Å²) in [5.41, 5.74) is 1.14. The van der Waals surface area contributed by atoms with Gasteiger partial charge in [0.15, 0.2) is 0 Å². The number of hydrogen-bond donors (Lipinski definition) is 1. The molecule has 1 N–H and O–H groups in total. The van der Waals surface area contributed by atoms with Gasteiger partial charge in [0.2, 0.25) is 0 Å². The summed E-state index contributed by atoms with van der Waals surface area (Å²) in [6, 6.07) is 18.0. The van der Waals surface area contributed by atoms with Gasteiger partial charge < -0.3 is 4.74 Å². The summed E-state index contributed by atoms with van der Waals surface area (Å²) in [6.07, 6.45) is 2.58. The summed E-state index contributed by atoms with van der Waals surface area (Å²) in [5, 5.41) is 0. The van der Waals surface area contributed by atoms with Gasteiger partial charge in [0.05, 0.1) is 6.04 Å². The van der Waals surface area contributed by atoms with E-state index in [0.29, 0.717) is 5.56 Å². The maximum atomic E-state index is 12.0. The molecule has 1 aromatic heterocycles. The Balaban J connectivity index is 1.32. The van der Waals surface area contributed by atoms with Crippen LogP contribution in [0, 0.1) is 6.92 Å². The van der Waals surface area contributed by atoms with Gasteiger partial charge >= 0.3 is 5.69 Å². The van der Waals surface area contributed by atoms with Gasteiger partial charge in [-0.1, -0.05) is 30.3 Å². The first kappa shape index (κ1) is 18.3. The highest BCUT2D eigenvalue weighted by Crippen LogP contribution is 2.23. The molecule has 1 aliphatic heterocycles. The summed E-state index contributed by atoms with van der Waals surface area (Å²) >= 11 is 0. The van der Waals surface area contributed by atoms with Crippen molar-refractivity contribution in [1.29, 1.82) is 0 Å². The van der Waals surface area contributed by atoms with Gasteiger partial charge in [-0.25, -0.2) is 4.79 Å². The molecule has 0 aliphatic carbocycles. The van der Waals surface area contributed by atoms with E-state index in [1.807, 2.05) is 42.5 Å². The third kappa shape index (κ3) is 4.07. The maximum Gasteiger partial charge on any atom is 0.328 e. The molecular formula is C22H23N3O3. The molecule has 28 heavy (non-hydrogen) atoms. The molecule has 6 nitrogen and oxygen atoms in total. The zero-order chi connectivity index (χ0) is 19.5. The number of rotatable bonds is 6. The lowest BCUT2D eigenvalue weighted by Crippen LogP contribution is -2.51. The van der Waals surface area contributed by atoms with E-state index in [-0.39, 0.29) is 17.3 Å². The molecule has 0 bridgehead atoms. The zero-order valence-electron chi connectivity index (χ0n) is 15.8. The highest BCUT2D eigenvalue weighted by Gasteiger charge is 2.28. The van der Waals surface area contributed by atoms with Crippen LogP contribution in [0.3, 0.4) is 0 Å². The Kier molecular flexibility index (Phi) is 5.12. The molecule has 1 saturated heterocycles. The van der Waals surface area contributed by atoms with E-state index in [1.54, 1.807) is 17.7 Å². The van der Waals surface area contributed by atoms with Gasteiger partial charge in [-0.3, -0.25) is 19.2 Å². The molecular weight excluding hydrogens is 354 g/mol. The molecule has 6 heteroatoms. The third-order valence-electron chi connectivity index (χ3n) is 5.07.